The summed E-state index contributed by atoms with van der Waals surface area (Å²) in [5.41, 5.74) is 0. The quantitative estimate of drug-likeness (QED) is 0.476. The molecule has 0 aliphatic carbocycles. The van der Waals surface area contributed by atoms with Crippen LogP contribution >= 0.6 is 0 Å². The second-order valence-electron chi connectivity index (χ2n) is 3.76. The van der Waals surface area contributed by atoms with Gasteiger partial charge in [0.2, 0.25) is 10.0 Å². The van der Waals surface area contributed by atoms with Gasteiger partial charge in [0, 0.05) is 0 Å². The molecule has 0 aliphatic heterocycles. The fourth-order valence-electron chi connectivity index (χ4n) is 1.31. The smallest absolute Gasteiger partial charge is 0.260 e. The van der Waals surface area contributed by atoms with Crippen LogP contribution in [0.4, 0.5) is 4.39 Å². The van der Waals surface area contributed by atoms with Crippen LogP contribution in [-0.2, 0) is 14.8 Å². The van der Waals surface area contributed by atoms with Crippen LogP contribution in [0.2, 0.25) is 0 Å². The molecule has 6 heteroatoms. The average molecular weight is 253 g/mol. The van der Waals surface area contributed by atoms with E-state index in [1.165, 1.54) is 6.42 Å². The molecule has 1 N–H and O–H groups in total. The van der Waals surface area contributed by atoms with Crippen molar-refractivity contribution in [2.45, 2.75) is 45.4 Å². The van der Waals surface area contributed by atoms with E-state index >= 15 is 0 Å². The van der Waals surface area contributed by atoms with Crippen LogP contribution in [0.15, 0.2) is 0 Å². The molecule has 0 rings (SSSR count). The second-order valence-corrected chi connectivity index (χ2v) is 5.69. The minimum atomic E-state index is -3.48. The molecule has 4 nitrogen and oxygen atoms in total. The van der Waals surface area contributed by atoms with Gasteiger partial charge in [-0.25, -0.2) is 13.1 Å². The molecule has 96 valence electrons. The minimum absolute atomic E-state index is 0.0353. The number of carbonyl (C=O) groups is 1. The number of halogens is 1. The molecule has 0 saturated carbocycles. The lowest BCUT2D eigenvalue weighted by Gasteiger charge is -2.03. The molecule has 16 heavy (non-hydrogen) atoms. The molecule has 0 saturated heterocycles. The number of sulfonamides is 1. The molecule has 0 bridgehead atoms. The van der Waals surface area contributed by atoms with Crippen LogP contribution in [0.5, 0.6) is 0 Å². The van der Waals surface area contributed by atoms with Crippen molar-refractivity contribution >= 4 is 16.1 Å². The van der Waals surface area contributed by atoms with Gasteiger partial charge in [0.05, 0.1) is 5.75 Å². The minimum Gasteiger partial charge on any atom is -0.260 e. The van der Waals surface area contributed by atoms with Gasteiger partial charge in [0.25, 0.3) is 0 Å². The zero-order chi connectivity index (χ0) is 12.4. The SMILES string of the molecule is CCCCCCCCS(=O)(=O)NCC(=O)F. The molecule has 0 aromatic rings. The molecule has 0 unspecified atom stereocenters. The van der Waals surface area contributed by atoms with Gasteiger partial charge in [-0.3, -0.25) is 4.79 Å². The lowest BCUT2D eigenvalue weighted by atomic mass is 10.1. The third-order valence-electron chi connectivity index (χ3n) is 2.20. The van der Waals surface area contributed by atoms with E-state index < -0.39 is 22.6 Å². The number of hydrogen-bond acceptors (Lipinski definition) is 3. The van der Waals surface area contributed by atoms with Crippen molar-refractivity contribution in [1.82, 2.24) is 4.72 Å². The Labute approximate surface area is 96.7 Å². The lowest BCUT2D eigenvalue weighted by Crippen LogP contribution is -2.30. The first-order chi connectivity index (χ1) is 7.48. The van der Waals surface area contributed by atoms with Gasteiger partial charge in [-0.1, -0.05) is 39.0 Å². The van der Waals surface area contributed by atoms with Crippen LogP contribution in [0.3, 0.4) is 0 Å². The van der Waals surface area contributed by atoms with E-state index in [0.29, 0.717) is 6.42 Å². The summed E-state index contributed by atoms with van der Waals surface area (Å²) < 4.78 is 36.1. The summed E-state index contributed by atoms with van der Waals surface area (Å²) in [5.74, 6) is -0.0353. The highest BCUT2D eigenvalue weighted by Gasteiger charge is 2.11. The molecular formula is C10H20FNO3S. The van der Waals surface area contributed by atoms with Gasteiger partial charge < -0.3 is 0 Å². The predicted octanol–water partition coefficient (Wildman–Crippen LogP) is 1.76. The number of carbonyl (C=O) groups excluding carboxylic acids is 1. The van der Waals surface area contributed by atoms with Gasteiger partial charge in [-0.05, 0) is 6.42 Å². The van der Waals surface area contributed by atoms with E-state index in [1.54, 1.807) is 0 Å². The Morgan fingerprint density at radius 3 is 2.25 bits per heavy atom. The largest absolute Gasteiger partial charge is 0.316 e. The normalized spacial score (nSPS) is 11.6. The molecule has 0 heterocycles. The standard InChI is InChI=1S/C10H20FNO3S/c1-2-3-4-5-6-7-8-16(14,15)12-9-10(11)13/h12H,2-9H2,1H3. The van der Waals surface area contributed by atoms with Crippen molar-refractivity contribution in [3.05, 3.63) is 0 Å². The Kier molecular flexibility index (Phi) is 8.37. The summed E-state index contributed by atoms with van der Waals surface area (Å²) in [6.07, 6.45) is 5.86. The first kappa shape index (κ1) is 15.5. The highest BCUT2D eigenvalue weighted by atomic mass is 32.2. The maximum atomic E-state index is 11.8. The van der Waals surface area contributed by atoms with Crippen molar-refractivity contribution in [1.29, 1.82) is 0 Å². The van der Waals surface area contributed by atoms with Gasteiger partial charge in [-0.15, -0.1) is 0 Å². The zero-order valence-electron chi connectivity index (χ0n) is 9.67. The van der Waals surface area contributed by atoms with Gasteiger partial charge in [0.1, 0.15) is 6.54 Å². The third kappa shape index (κ3) is 10.0. The summed E-state index contributed by atoms with van der Waals surface area (Å²) in [5, 5.41) is 0. The van der Waals surface area contributed by atoms with Crippen LogP contribution in [-0.4, -0.2) is 26.8 Å². The molecule has 0 aromatic heterocycles. The van der Waals surface area contributed by atoms with E-state index in [-0.39, 0.29) is 5.75 Å². The Morgan fingerprint density at radius 1 is 1.12 bits per heavy atom. The van der Waals surface area contributed by atoms with E-state index in [2.05, 4.69) is 6.92 Å². The number of nitrogens with one attached hydrogen (secondary N) is 1. The highest BCUT2D eigenvalue weighted by molar-refractivity contribution is 7.89. The van der Waals surface area contributed by atoms with Crippen LogP contribution in [0.25, 0.3) is 0 Å². The fourth-order valence-corrected chi connectivity index (χ4v) is 2.37. The first-order valence-corrected chi connectivity index (χ1v) is 7.29. The van der Waals surface area contributed by atoms with E-state index in [1.807, 2.05) is 4.72 Å². The van der Waals surface area contributed by atoms with Crippen molar-refractivity contribution in [3.8, 4) is 0 Å². The van der Waals surface area contributed by atoms with E-state index in [4.69, 9.17) is 0 Å². The van der Waals surface area contributed by atoms with E-state index in [0.717, 1.165) is 25.7 Å². The Morgan fingerprint density at radius 2 is 1.69 bits per heavy atom. The monoisotopic (exact) mass is 253 g/mol. The second kappa shape index (κ2) is 8.64. The summed E-state index contributed by atoms with van der Waals surface area (Å²) in [4.78, 5) is 9.95. The molecule has 0 aromatic carbocycles. The van der Waals surface area contributed by atoms with Crippen molar-refractivity contribution in [3.63, 3.8) is 0 Å². The average Bonchev–Trinajstić information content (AvgIpc) is 2.21. The van der Waals surface area contributed by atoms with Crippen molar-refractivity contribution in [2.24, 2.45) is 0 Å². The number of hydrogen-bond donors (Lipinski definition) is 1. The van der Waals surface area contributed by atoms with E-state index in [9.17, 15) is 17.6 Å². The highest BCUT2D eigenvalue weighted by Crippen LogP contribution is 2.05. The van der Waals surface area contributed by atoms with Crippen molar-refractivity contribution < 1.29 is 17.6 Å². The fraction of sp³-hybridized carbons (Fsp3) is 0.900. The first-order valence-electron chi connectivity index (χ1n) is 5.63. The molecule has 0 fully saturated rings. The molecule has 0 radical (unpaired) electrons. The molecule has 0 atom stereocenters. The Bertz CT molecular complexity index is 290. The molecule has 0 spiro atoms. The summed E-state index contributed by atoms with van der Waals surface area (Å²) in [6, 6.07) is -1.66. The molecule has 0 amide bonds. The van der Waals surface area contributed by atoms with Gasteiger partial charge in [-0.2, -0.15) is 4.39 Å². The number of unbranched alkanes of at least 4 members (excludes halogenated alkanes) is 5. The summed E-state index contributed by atoms with van der Waals surface area (Å²) in [7, 11) is -3.48. The predicted molar refractivity (Wildman–Crippen MR) is 61.3 cm³/mol. The van der Waals surface area contributed by atoms with Crippen LogP contribution < -0.4 is 4.72 Å². The Balaban J connectivity index is 3.55. The third-order valence-corrected chi connectivity index (χ3v) is 3.61. The van der Waals surface area contributed by atoms with Gasteiger partial charge in [0.15, 0.2) is 0 Å². The Hall–Kier alpha value is -0.490. The molecular weight excluding hydrogens is 233 g/mol. The maximum Gasteiger partial charge on any atom is 0.316 e. The summed E-state index contributed by atoms with van der Waals surface area (Å²) >= 11 is 0. The maximum absolute atomic E-state index is 11.8. The number of rotatable bonds is 10. The van der Waals surface area contributed by atoms with Gasteiger partial charge >= 0.3 is 6.04 Å². The lowest BCUT2D eigenvalue weighted by molar-refractivity contribution is -0.127. The summed E-state index contributed by atoms with van der Waals surface area (Å²) in [6.45, 7) is 1.36. The van der Waals surface area contributed by atoms with Crippen molar-refractivity contribution in [2.75, 3.05) is 12.3 Å². The van der Waals surface area contributed by atoms with Crippen LogP contribution in [0, 0.1) is 0 Å². The van der Waals surface area contributed by atoms with Crippen LogP contribution in [0.1, 0.15) is 45.4 Å². The zero-order valence-corrected chi connectivity index (χ0v) is 10.5. The topological polar surface area (TPSA) is 63.2 Å². The molecule has 0 aliphatic rings.